The summed E-state index contributed by atoms with van der Waals surface area (Å²) in [5, 5.41) is 31.7. The molecule has 4 aliphatic heterocycles. The molecule has 208 valence electrons. The maximum Gasteiger partial charge on any atom is 0.347 e. The van der Waals surface area contributed by atoms with E-state index in [1.807, 2.05) is 0 Å². The topological polar surface area (TPSA) is 200 Å². The van der Waals surface area contributed by atoms with Crippen LogP contribution in [0, 0.1) is 0 Å². The van der Waals surface area contributed by atoms with Gasteiger partial charge in [-0.05, 0) is 24.5 Å². The standard InChI is InChI=1S/C24H28F2N8O5/c25-22(26)8-2-4-11-12(3-1-5-13(11)22)19(37)30-15-10-34-21(28)29-14(9-33-16(35)6-7-17(33)36)18-23(34,24(15,38)39)32-20(27)31-18/h1,3,5,14-15,18,38-39H,2,4,6-10H2,(H6,27,28,29,30,31,32,37)/p+2/t14-,15?,18-,23?/m0/s1. The van der Waals surface area contributed by atoms with Gasteiger partial charge in [0.05, 0.1) is 13.1 Å². The molecule has 0 bridgehead atoms. The lowest BCUT2D eigenvalue weighted by molar-refractivity contribution is -0.674. The van der Waals surface area contributed by atoms with E-state index in [4.69, 9.17) is 11.5 Å². The van der Waals surface area contributed by atoms with E-state index >= 15 is 0 Å². The number of carbonyl (C=O) groups is 3. The Hall–Kier alpha value is -3.85. The number of fused-ring (bicyclic) bond motifs is 1. The van der Waals surface area contributed by atoms with Gasteiger partial charge in [0, 0.05) is 30.4 Å². The van der Waals surface area contributed by atoms with Gasteiger partial charge < -0.3 is 15.5 Å². The van der Waals surface area contributed by atoms with Gasteiger partial charge >= 0.3 is 11.9 Å². The molecule has 6 rings (SSSR count). The summed E-state index contributed by atoms with van der Waals surface area (Å²) in [6, 6.07) is 1.06. The highest BCUT2D eigenvalue weighted by atomic mass is 19.3. The smallest absolute Gasteiger partial charge is 0.347 e. The number of rotatable bonds is 4. The van der Waals surface area contributed by atoms with Gasteiger partial charge in [-0.15, -0.1) is 0 Å². The van der Waals surface area contributed by atoms with Crippen LogP contribution in [0.5, 0.6) is 0 Å². The number of nitrogens with zero attached hydrogens (tertiary/aromatic N) is 2. The van der Waals surface area contributed by atoms with Crippen LogP contribution < -0.4 is 32.4 Å². The Labute approximate surface area is 220 Å². The van der Waals surface area contributed by atoms with E-state index in [0.29, 0.717) is 0 Å². The minimum atomic E-state index is -3.06. The third kappa shape index (κ3) is 3.52. The molecule has 2 unspecified atom stereocenters. The predicted octanol–water partition coefficient (Wildman–Crippen LogP) is -4.58. The van der Waals surface area contributed by atoms with Crippen molar-refractivity contribution in [1.82, 2.24) is 20.9 Å². The fraction of sp³-hybridized carbons (Fsp3) is 0.542. The molecule has 2 saturated heterocycles. The van der Waals surface area contributed by atoms with Crippen LogP contribution in [0.2, 0.25) is 0 Å². The van der Waals surface area contributed by atoms with E-state index in [-0.39, 0.29) is 85.6 Å². The molecule has 1 aliphatic carbocycles. The molecule has 1 spiro atoms. The summed E-state index contributed by atoms with van der Waals surface area (Å²) in [5.74, 6) is -7.22. The van der Waals surface area contributed by atoms with Crippen molar-refractivity contribution >= 4 is 29.6 Å². The van der Waals surface area contributed by atoms with Crippen molar-refractivity contribution in [3.05, 3.63) is 34.9 Å². The number of amides is 3. The van der Waals surface area contributed by atoms with Crippen LogP contribution in [0.4, 0.5) is 8.78 Å². The van der Waals surface area contributed by atoms with Gasteiger partial charge in [-0.3, -0.25) is 41.1 Å². The summed E-state index contributed by atoms with van der Waals surface area (Å²) in [5.41, 5.74) is 10.6. The van der Waals surface area contributed by atoms with Gasteiger partial charge in [-0.1, -0.05) is 12.1 Å². The number of nitrogens with two attached hydrogens (primary N) is 2. The second-order valence-electron chi connectivity index (χ2n) is 10.7. The fourth-order valence-corrected chi connectivity index (χ4v) is 6.69. The van der Waals surface area contributed by atoms with Gasteiger partial charge in [-0.25, -0.2) is 18.7 Å². The summed E-state index contributed by atoms with van der Waals surface area (Å²) in [7, 11) is 0. The first-order chi connectivity index (χ1) is 18.4. The Morgan fingerprint density at radius 1 is 1.21 bits per heavy atom. The first-order valence-electron chi connectivity index (χ1n) is 12.8. The molecule has 13 nitrogen and oxygen atoms in total. The Morgan fingerprint density at radius 2 is 1.92 bits per heavy atom. The highest BCUT2D eigenvalue weighted by Crippen LogP contribution is 2.42. The molecule has 15 heteroatoms. The second kappa shape index (κ2) is 8.32. The first kappa shape index (κ1) is 25.4. The first-order valence-corrected chi connectivity index (χ1v) is 12.8. The number of hydrogen-bond acceptors (Lipinski definition) is 9. The van der Waals surface area contributed by atoms with E-state index in [1.165, 1.54) is 22.8 Å². The van der Waals surface area contributed by atoms with Crippen LogP contribution in [-0.4, -0.2) is 92.0 Å². The minimum Gasteiger partial charge on any atom is -0.358 e. The fourth-order valence-electron chi connectivity index (χ4n) is 6.69. The molecule has 3 amide bonds. The molecule has 0 radical (unpaired) electrons. The number of halogens is 2. The van der Waals surface area contributed by atoms with Crippen LogP contribution in [0.25, 0.3) is 0 Å². The van der Waals surface area contributed by atoms with Gasteiger partial charge in [-0.2, -0.15) is 0 Å². The average molecular weight is 549 g/mol. The molecule has 1 aromatic rings. The molecular formula is C24H30F2N8O5+2. The maximum absolute atomic E-state index is 14.5. The lowest BCUT2D eigenvalue weighted by atomic mass is 9.84. The molecule has 5 aliphatic rings. The molecule has 1 aromatic carbocycles. The number of guanidine groups is 2. The maximum atomic E-state index is 14.5. The summed E-state index contributed by atoms with van der Waals surface area (Å²) >= 11 is 0. The van der Waals surface area contributed by atoms with E-state index < -0.39 is 41.4 Å². The largest absolute Gasteiger partial charge is 0.358 e. The van der Waals surface area contributed by atoms with Crippen LogP contribution in [0.15, 0.2) is 18.2 Å². The number of benzene rings is 1. The van der Waals surface area contributed by atoms with Crippen molar-refractivity contribution in [2.45, 2.75) is 67.6 Å². The normalized spacial score (nSPS) is 32.2. The van der Waals surface area contributed by atoms with Crippen LogP contribution in [0.3, 0.4) is 0 Å². The number of carbonyl (C=O) groups excluding carboxylic acids is 3. The predicted molar refractivity (Wildman–Crippen MR) is 129 cm³/mol. The van der Waals surface area contributed by atoms with E-state index in [0.717, 1.165) is 4.90 Å². The zero-order chi connectivity index (χ0) is 27.9. The van der Waals surface area contributed by atoms with Crippen molar-refractivity contribution in [2.24, 2.45) is 11.5 Å². The van der Waals surface area contributed by atoms with Crippen molar-refractivity contribution in [2.75, 3.05) is 13.1 Å². The highest BCUT2D eigenvalue weighted by molar-refractivity contribution is 6.02. The van der Waals surface area contributed by atoms with Crippen LogP contribution >= 0.6 is 0 Å². The molecule has 0 saturated carbocycles. The third-order valence-electron chi connectivity index (χ3n) is 8.52. The Balaban J connectivity index is 1.32. The molecule has 2 fully saturated rings. The average Bonchev–Trinajstić information content (AvgIpc) is 3.46. The Bertz CT molecular complexity index is 1350. The number of hydrogen-bond donors (Lipinski definition) is 8. The molecule has 39 heavy (non-hydrogen) atoms. The molecule has 4 atom stereocenters. The molecule has 10 N–H and O–H groups in total. The zero-order valence-corrected chi connectivity index (χ0v) is 20.8. The van der Waals surface area contributed by atoms with Crippen LogP contribution in [-0.2, 0) is 21.9 Å². The lowest BCUT2D eigenvalue weighted by Gasteiger charge is -2.41. The lowest BCUT2D eigenvalue weighted by Crippen LogP contribution is -2.92. The number of likely N-dealkylation sites (tertiary alicyclic amines) is 1. The zero-order valence-electron chi connectivity index (χ0n) is 20.8. The van der Waals surface area contributed by atoms with Crippen molar-refractivity contribution in [3.63, 3.8) is 0 Å². The monoisotopic (exact) mass is 548 g/mol. The number of aliphatic hydroxyl groups is 2. The Morgan fingerprint density at radius 3 is 2.64 bits per heavy atom. The van der Waals surface area contributed by atoms with Crippen molar-refractivity contribution in [3.8, 4) is 0 Å². The van der Waals surface area contributed by atoms with E-state index in [1.54, 1.807) is 0 Å². The SMILES string of the molecule is NC1=[NH+][C@H]2[C@H](CN3C(=O)CCC3=O)NC(N)=[N+]3CC(NC(=O)c4cccc5c4CCCC5(F)F)C(O)(O)C23N1. The van der Waals surface area contributed by atoms with Gasteiger partial charge in [0.1, 0.15) is 12.1 Å². The quantitative estimate of drug-likeness (QED) is 0.104. The summed E-state index contributed by atoms with van der Waals surface area (Å²) < 4.78 is 30.4. The third-order valence-corrected chi connectivity index (χ3v) is 8.52. The van der Waals surface area contributed by atoms with Gasteiger partial charge in [0.25, 0.3) is 23.3 Å². The minimum absolute atomic E-state index is 0.000279. The van der Waals surface area contributed by atoms with Crippen molar-refractivity contribution in [1.29, 1.82) is 0 Å². The second-order valence-corrected chi connectivity index (χ2v) is 10.7. The van der Waals surface area contributed by atoms with E-state index in [2.05, 4.69) is 20.9 Å². The van der Waals surface area contributed by atoms with Gasteiger partial charge in [0.2, 0.25) is 11.8 Å². The van der Waals surface area contributed by atoms with E-state index in [9.17, 15) is 33.4 Å². The highest BCUT2D eigenvalue weighted by Gasteiger charge is 2.78. The molecule has 0 aromatic heterocycles. The summed E-state index contributed by atoms with van der Waals surface area (Å²) in [6.07, 6.45) is 0.358. The van der Waals surface area contributed by atoms with Crippen LogP contribution in [0.1, 0.15) is 47.2 Å². The number of alkyl halides is 2. The van der Waals surface area contributed by atoms with Gasteiger partial charge in [0.15, 0.2) is 6.04 Å². The summed E-state index contributed by atoms with van der Waals surface area (Å²) in [6.45, 7) is -0.298. The number of imide groups is 1. The number of nitrogens with one attached hydrogen (secondary N) is 4. The Kier molecular flexibility index (Phi) is 5.43. The summed E-state index contributed by atoms with van der Waals surface area (Å²) in [4.78, 5) is 42.0. The molecular weight excluding hydrogens is 518 g/mol. The van der Waals surface area contributed by atoms with Crippen molar-refractivity contribution < 1.29 is 42.9 Å². The molecule has 4 heterocycles.